The number of aromatic nitrogens is 1. The third kappa shape index (κ3) is 2.52. The third-order valence-electron chi connectivity index (χ3n) is 3.65. The minimum absolute atomic E-state index is 0.295. The molecule has 0 saturated carbocycles. The van der Waals surface area contributed by atoms with Crippen molar-refractivity contribution in [1.29, 1.82) is 0 Å². The number of methoxy groups -OCH3 is 1. The molecule has 0 amide bonds. The minimum atomic E-state index is 0.295. The second-order valence-electron chi connectivity index (χ2n) is 4.89. The van der Waals surface area contributed by atoms with Crippen LogP contribution in [0, 0.1) is 12.8 Å². The van der Waals surface area contributed by atoms with E-state index in [0.29, 0.717) is 12.0 Å². The Morgan fingerprint density at radius 1 is 1.53 bits per heavy atom. The van der Waals surface area contributed by atoms with Crippen molar-refractivity contribution in [3.63, 3.8) is 0 Å². The predicted octanol–water partition coefficient (Wildman–Crippen LogP) is 1.83. The fraction of sp³-hybridized carbons (Fsp3) is 0.615. The molecule has 2 heterocycles. The fourth-order valence-corrected chi connectivity index (χ4v) is 2.27. The Labute approximate surface area is 103 Å². The monoisotopic (exact) mass is 235 g/mol. The van der Waals surface area contributed by atoms with Gasteiger partial charge in [-0.2, -0.15) is 0 Å². The van der Waals surface area contributed by atoms with Gasteiger partial charge in [-0.15, -0.1) is 0 Å². The number of pyridine rings is 1. The Morgan fingerprint density at radius 2 is 2.29 bits per heavy atom. The van der Waals surface area contributed by atoms with E-state index >= 15 is 0 Å². The molecular weight excluding hydrogens is 214 g/mol. The maximum Gasteiger partial charge on any atom is 0.128 e. The molecule has 2 unspecified atom stereocenters. The highest BCUT2D eigenvalue weighted by Gasteiger charge is 2.26. The Bertz CT molecular complexity index is 394. The lowest BCUT2D eigenvalue weighted by molar-refractivity contribution is 0.0496. The molecule has 1 saturated heterocycles. The summed E-state index contributed by atoms with van der Waals surface area (Å²) < 4.78 is 5.51. The molecule has 1 aromatic rings. The molecule has 94 valence electrons. The Morgan fingerprint density at radius 3 is 2.94 bits per heavy atom. The molecule has 1 aliphatic rings. The molecule has 1 aliphatic heterocycles. The van der Waals surface area contributed by atoms with E-state index in [2.05, 4.69) is 22.9 Å². The van der Waals surface area contributed by atoms with Gasteiger partial charge in [0, 0.05) is 20.2 Å². The average molecular weight is 235 g/mol. The van der Waals surface area contributed by atoms with Gasteiger partial charge in [0.2, 0.25) is 0 Å². The van der Waals surface area contributed by atoms with Crippen LogP contribution in [-0.2, 0) is 4.74 Å². The first-order chi connectivity index (χ1) is 8.11. The maximum absolute atomic E-state index is 5.79. The molecule has 0 aromatic carbocycles. The highest BCUT2D eigenvalue weighted by Crippen LogP contribution is 2.25. The molecule has 0 aliphatic carbocycles. The van der Waals surface area contributed by atoms with Crippen LogP contribution in [0.1, 0.15) is 18.9 Å². The van der Waals surface area contributed by atoms with E-state index in [9.17, 15) is 0 Å². The van der Waals surface area contributed by atoms with Crippen molar-refractivity contribution >= 4 is 11.5 Å². The van der Waals surface area contributed by atoms with E-state index in [0.717, 1.165) is 36.6 Å². The van der Waals surface area contributed by atoms with E-state index in [4.69, 9.17) is 10.5 Å². The van der Waals surface area contributed by atoms with Crippen LogP contribution in [0.3, 0.4) is 0 Å². The van der Waals surface area contributed by atoms with Gasteiger partial charge < -0.3 is 15.4 Å². The van der Waals surface area contributed by atoms with Gasteiger partial charge in [-0.25, -0.2) is 4.98 Å². The number of hydrogen-bond acceptors (Lipinski definition) is 4. The Hall–Kier alpha value is -1.29. The molecule has 0 spiro atoms. The van der Waals surface area contributed by atoms with E-state index in [1.807, 2.05) is 6.92 Å². The number of hydrogen-bond donors (Lipinski definition) is 1. The average Bonchev–Trinajstić information content (AvgIpc) is 2.33. The SMILES string of the molecule is COC1CN(c2cc(C)c(N)cn2)CCC1C. The number of anilines is 2. The first-order valence-electron chi connectivity index (χ1n) is 6.11. The fourth-order valence-electron chi connectivity index (χ4n) is 2.27. The van der Waals surface area contributed by atoms with Crippen molar-refractivity contribution in [3.05, 3.63) is 17.8 Å². The molecule has 4 heteroatoms. The van der Waals surface area contributed by atoms with Crippen molar-refractivity contribution < 1.29 is 4.74 Å². The highest BCUT2D eigenvalue weighted by molar-refractivity contribution is 5.52. The summed E-state index contributed by atoms with van der Waals surface area (Å²) in [5.41, 5.74) is 7.63. The van der Waals surface area contributed by atoms with Gasteiger partial charge in [-0.05, 0) is 30.9 Å². The molecule has 17 heavy (non-hydrogen) atoms. The number of rotatable bonds is 2. The third-order valence-corrected chi connectivity index (χ3v) is 3.65. The standard InChI is InChI=1S/C13H21N3O/c1-9-4-5-16(8-12(9)17-3)13-6-10(2)11(14)7-15-13/h6-7,9,12H,4-5,8,14H2,1-3H3. The zero-order chi connectivity index (χ0) is 12.4. The molecule has 2 N–H and O–H groups in total. The van der Waals surface area contributed by atoms with Crippen LogP contribution >= 0.6 is 0 Å². The number of aryl methyl sites for hydroxylation is 1. The summed E-state index contributed by atoms with van der Waals surface area (Å²) >= 11 is 0. The number of ether oxygens (including phenoxy) is 1. The van der Waals surface area contributed by atoms with Crippen molar-refractivity contribution in [2.24, 2.45) is 5.92 Å². The molecular formula is C13H21N3O. The molecule has 1 aromatic heterocycles. The first-order valence-corrected chi connectivity index (χ1v) is 6.11. The second kappa shape index (κ2) is 4.92. The van der Waals surface area contributed by atoms with Crippen LogP contribution in [0.4, 0.5) is 11.5 Å². The van der Waals surface area contributed by atoms with Crippen LogP contribution in [0.15, 0.2) is 12.3 Å². The second-order valence-corrected chi connectivity index (χ2v) is 4.89. The minimum Gasteiger partial charge on any atom is -0.397 e. The van der Waals surface area contributed by atoms with E-state index in [1.54, 1.807) is 13.3 Å². The summed E-state index contributed by atoms with van der Waals surface area (Å²) in [6, 6.07) is 2.05. The summed E-state index contributed by atoms with van der Waals surface area (Å²) in [5, 5.41) is 0. The van der Waals surface area contributed by atoms with E-state index < -0.39 is 0 Å². The molecule has 0 bridgehead atoms. The first kappa shape index (κ1) is 12.2. The Kier molecular flexibility index (Phi) is 3.52. The number of nitrogen functional groups attached to an aromatic ring is 1. The Balaban J connectivity index is 2.14. The van der Waals surface area contributed by atoms with E-state index in [-0.39, 0.29) is 0 Å². The molecule has 2 atom stereocenters. The van der Waals surface area contributed by atoms with Gasteiger partial charge in [-0.3, -0.25) is 0 Å². The zero-order valence-corrected chi connectivity index (χ0v) is 10.8. The number of nitrogens with zero attached hydrogens (tertiary/aromatic N) is 2. The zero-order valence-electron chi connectivity index (χ0n) is 10.8. The van der Waals surface area contributed by atoms with Crippen LogP contribution < -0.4 is 10.6 Å². The lowest BCUT2D eigenvalue weighted by atomic mass is 9.96. The summed E-state index contributed by atoms with van der Waals surface area (Å²) in [5.74, 6) is 1.62. The van der Waals surface area contributed by atoms with Gasteiger partial charge in [0.15, 0.2) is 0 Å². The van der Waals surface area contributed by atoms with Gasteiger partial charge in [0.05, 0.1) is 18.0 Å². The van der Waals surface area contributed by atoms with Crippen LogP contribution in [0.25, 0.3) is 0 Å². The number of nitrogens with two attached hydrogens (primary N) is 1. The van der Waals surface area contributed by atoms with Gasteiger partial charge in [0.1, 0.15) is 5.82 Å². The van der Waals surface area contributed by atoms with Crippen molar-refractivity contribution in [1.82, 2.24) is 4.98 Å². The van der Waals surface area contributed by atoms with Crippen molar-refractivity contribution in [2.45, 2.75) is 26.4 Å². The van der Waals surface area contributed by atoms with Crippen LogP contribution in [0.2, 0.25) is 0 Å². The van der Waals surface area contributed by atoms with E-state index in [1.165, 1.54) is 0 Å². The summed E-state index contributed by atoms with van der Waals surface area (Å²) in [6.45, 7) is 6.21. The van der Waals surface area contributed by atoms with Gasteiger partial charge in [-0.1, -0.05) is 6.92 Å². The smallest absolute Gasteiger partial charge is 0.128 e. The topological polar surface area (TPSA) is 51.4 Å². The van der Waals surface area contributed by atoms with Crippen molar-refractivity contribution in [2.75, 3.05) is 30.8 Å². The molecule has 2 rings (SSSR count). The quantitative estimate of drug-likeness (QED) is 0.849. The van der Waals surface area contributed by atoms with Crippen molar-refractivity contribution in [3.8, 4) is 0 Å². The summed E-state index contributed by atoms with van der Waals surface area (Å²) in [7, 11) is 1.78. The van der Waals surface area contributed by atoms with Crippen LogP contribution in [0.5, 0.6) is 0 Å². The van der Waals surface area contributed by atoms with Gasteiger partial charge in [0.25, 0.3) is 0 Å². The highest BCUT2D eigenvalue weighted by atomic mass is 16.5. The summed E-state index contributed by atoms with van der Waals surface area (Å²) in [4.78, 5) is 6.68. The molecule has 4 nitrogen and oxygen atoms in total. The molecule has 0 radical (unpaired) electrons. The predicted molar refractivity (Wildman–Crippen MR) is 70.2 cm³/mol. The lowest BCUT2D eigenvalue weighted by Crippen LogP contribution is -2.44. The number of piperidine rings is 1. The lowest BCUT2D eigenvalue weighted by Gasteiger charge is -2.37. The maximum atomic E-state index is 5.79. The summed E-state index contributed by atoms with van der Waals surface area (Å²) in [6.07, 6.45) is 3.18. The largest absolute Gasteiger partial charge is 0.397 e. The van der Waals surface area contributed by atoms with Crippen LogP contribution in [-0.4, -0.2) is 31.3 Å². The normalized spacial score (nSPS) is 25.0. The molecule has 1 fully saturated rings. The van der Waals surface area contributed by atoms with Gasteiger partial charge >= 0.3 is 0 Å².